The van der Waals surface area contributed by atoms with Crippen LogP contribution in [0.4, 0.5) is 11.6 Å². The number of ether oxygens (including phenoxy) is 1. The van der Waals surface area contributed by atoms with Crippen molar-refractivity contribution >= 4 is 28.4 Å². The minimum atomic E-state index is -2.05. The number of fused-ring (bicyclic) bond motifs is 1. The van der Waals surface area contributed by atoms with Gasteiger partial charge in [0.2, 0.25) is 5.95 Å². The number of anilines is 2. The minimum Gasteiger partial charge on any atom is -0.771 e. The lowest BCUT2D eigenvalue weighted by atomic mass is 10.1. The predicted octanol–water partition coefficient (Wildman–Crippen LogP) is -0.00430. The van der Waals surface area contributed by atoms with Crippen LogP contribution in [0, 0.1) is 0 Å². The standard InChI is InChI=1S/C21H32N10O3S/c1-34-11-10-28-6-8-30(9-7-28)19-18(16-12-23-24-13-16)22-14-31-20(19)26-21(27-31)25-17-2-4-29(5-3-17)15-35(32)33/h12-14,17H,2-11,15H2,1H3,(H,23,24)(H,25,27)(H,32,33)/p-1. The zero-order chi connectivity index (χ0) is 24.2. The first-order chi connectivity index (χ1) is 17.1. The largest absolute Gasteiger partial charge is 0.771 e. The zero-order valence-electron chi connectivity index (χ0n) is 19.8. The van der Waals surface area contributed by atoms with Gasteiger partial charge in [0.15, 0.2) is 5.65 Å². The number of H-pyrrole nitrogens is 1. The Bertz CT molecular complexity index is 1120. The molecule has 2 saturated heterocycles. The van der Waals surface area contributed by atoms with Crippen molar-refractivity contribution in [1.29, 1.82) is 0 Å². The van der Waals surface area contributed by atoms with Crippen molar-refractivity contribution in [2.24, 2.45) is 0 Å². The Balaban J connectivity index is 1.36. The normalized spacial score (nSPS) is 19.4. The molecule has 0 aromatic carbocycles. The summed E-state index contributed by atoms with van der Waals surface area (Å²) in [5, 5.41) is 15.1. The quantitative estimate of drug-likeness (QED) is 0.381. The molecule has 0 spiro atoms. The topological polar surface area (TPSA) is 143 Å². The molecule has 0 radical (unpaired) electrons. The molecule has 1 atom stereocenters. The van der Waals surface area contributed by atoms with E-state index in [1.165, 1.54) is 0 Å². The first kappa shape index (κ1) is 24.1. The molecule has 1 unspecified atom stereocenters. The van der Waals surface area contributed by atoms with E-state index in [-0.39, 0.29) is 11.9 Å². The van der Waals surface area contributed by atoms with Crippen LogP contribution < -0.4 is 10.2 Å². The second-order valence-electron chi connectivity index (χ2n) is 8.92. The van der Waals surface area contributed by atoms with E-state index in [2.05, 4.69) is 30.4 Å². The average Bonchev–Trinajstić information content (AvgIpc) is 3.53. The summed E-state index contributed by atoms with van der Waals surface area (Å²) in [6.45, 7) is 6.67. The summed E-state index contributed by atoms with van der Waals surface area (Å²) in [6.07, 6.45) is 6.98. The number of aromatic nitrogens is 6. The van der Waals surface area contributed by atoms with Gasteiger partial charge >= 0.3 is 0 Å². The van der Waals surface area contributed by atoms with E-state index in [1.807, 2.05) is 11.1 Å². The summed E-state index contributed by atoms with van der Waals surface area (Å²) >= 11 is -2.05. The van der Waals surface area contributed by atoms with Crippen molar-refractivity contribution in [3.05, 3.63) is 18.7 Å². The monoisotopic (exact) mass is 503 g/mol. The second-order valence-corrected chi connectivity index (χ2v) is 9.79. The molecule has 35 heavy (non-hydrogen) atoms. The van der Waals surface area contributed by atoms with Crippen molar-refractivity contribution in [1.82, 2.24) is 39.6 Å². The first-order valence-electron chi connectivity index (χ1n) is 11.9. The van der Waals surface area contributed by atoms with Crippen LogP contribution >= 0.6 is 0 Å². The highest BCUT2D eigenvalue weighted by Gasteiger charge is 2.26. The Labute approximate surface area is 206 Å². The van der Waals surface area contributed by atoms with Crippen LogP contribution in [0.1, 0.15) is 12.8 Å². The highest BCUT2D eigenvalue weighted by molar-refractivity contribution is 7.79. The molecule has 5 heterocycles. The maximum atomic E-state index is 11.0. The third kappa shape index (κ3) is 5.62. The number of aromatic amines is 1. The number of hydrogen-bond donors (Lipinski definition) is 2. The molecule has 2 N–H and O–H groups in total. The molecule has 14 heteroatoms. The van der Waals surface area contributed by atoms with Gasteiger partial charge in [0.05, 0.1) is 18.7 Å². The number of hydrogen-bond acceptors (Lipinski definition) is 11. The van der Waals surface area contributed by atoms with Crippen molar-refractivity contribution in [2.45, 2.75) is 18.9 Å². The number of rotatable bonds is 9. The fraction of sp³-hybridized carbons (Fsp3) is 0.619. The lowest BCUT2D eigenvalue weighted by Crippen LogP contribution is -2.47. The Morgan fingerprint density at radius 2 is 2.00 bits per heavy atom. The van der Waals surface area contributed by atoms with Crippen LogP contribution in [0.2, 0.25) is 0 Å². The van der Waals surface area contributed by atoms with Gasteiger partial charge in [-0.2, -0.15) is 14.6 Å². The molecule has 2 fully saturated rings. The summed E-state index contributed by atoms with van der Waals surface area (Å²) in [5.74, 6) is 0.645. The molecule has 0 aliphatic carbocycles. The molecule has 5 rings (SSSR count). The molecule has 0 saturated carbocycles. The summed E-state index contributed by atoms with van der Waals surface area (Å²) in [6, 6.07) is 0.192. The number of piperidine rings is 1. The number of methoxy groups -OCH3 is 1. The lowest BCUT2D eigenvalue weighted by molar-refractivity contribution is 0.144. The SMILES string of the molecule is COCCN1CCN(c2c(-c3cn[nH]c3)ncn3nc(NC4CCN(CS(=O)[O-])CC4)nc23)CC1. The summed E-state index contributed by atoms with van der Waals surface area (Å²) in [4.78, 5) is 16.3. The fourth-order valence-corrected chi connectivity index (χ4v) is 5.30. The van der Waals surface area contributed by atoms with E-state index >= 15 is 0 Å². The van der Waals surface area contributed by atoms with Crippen molar-refractivity contribution < 1.29 is 13.5 Å². The number of likely N-dealkylation sites (tertiary alicyclic amines) is 1. The van der Waals surface area contributed by atoms with E-state index in [1.54, 1.807) is 24.1 Å². The Kier molecular flexibility index (Phi) is 7.53. The highest BCUT2D eigenvalue weighted by atomic mass is 32.2. The third-order valence-corrected chi connectivity index (χ3v) is 7.22. The van der Waals surface area contributed by atoms with Crippen LogP contribution in [0.3, 0.4) is 0 Å². The third-order valence-electron chi connectivity index (χ3n) is 6.64. The molecular formula is C21H31N10O3S-. The molecule has 13 nitrogen and oxygen atoms in total. The van der Waals surface area contributed by atoms with Crippen molar-refractivity contribution in [2.75, 3.05) is 75.6 Å². The minimum absolute atomic E-state index is 0.0872. The van der Waals surface area contributed by atoms with E-state index in [0.717, 1.165) is 87.9 Å². The Morgan fingerprint density at radius 3 is 2.69 bits per heavy atom. The van der Waals surface area contributed by atoms with Crippen molar-refractivity contribution in [3.63, 3.8) is 0 Å². The maximum absolute atomic E-state index is 11.0. The average molecular weight is 504 g/mol. The predicted molar refractivity (Wildman–Crippen MR) is 131 cm³/mol. The lowest BCUT2D eigenvalue weighted by Gasteiger charge is -2.36. The maximum Gasteiger partial charge on any atom is 0.243 e. The molecule has 0 amide bonds. The molecule has 0 bridgehead atoms. The van der Waals surface area contributed by atoms with Crippen LogP contribution in [-0.2, 0) is 15.8 Å². The van der Waals surface area contributed by atoms with Gasteiger partial charge in [-0.3, -0.25) is 19.1 Å². The van der Waals surface area contributed by atoms with Gasteiger partial charge in [-0.15, -0.1) is 5.10 Å². The van der Waals surface area contributed by atoms with Gasteiger partial charge < -0.3 is 19.5 Å². The van der Waals surface area contributed by atoms with E-state index in [0.29, 0.717) is 5.95 Å². The Hall–Kier alpha value is -2.65. The first-order valence-corrected chi connectivity index (χ1v) is 13.1. The second kappa shape index (κ2) is 11.0. The zero-order valence-corrected chi connectivity index (χ0v) is 20.6. The number of nitrogens with zero attached hydrogens (tertiary/aromatic N) is 8. The molecule has 190 valence electrons. The number of nitrogens with one attached hydrogen (secondary N) is 2. The van der Waals surface area contributed by atoms with E-state index in [4.69, 9.17) is 14.7 Å². The van der Waals surface area contributed by atoms with Crippen LogP contribution in [0.25, 0.3) is 16.9 Å². The fourth-order valence-electron chi connectivity index (χ4n) is 4.74. The highest BCUT2D eigenvalue weighted by Crippen LogP contribution is 2.33. The van der Waals surface area contributed by atoms with Gasteiger partial charge in [-0.1, -0.05) is 0 Å². The molecule has 2 aliphatic rings. The van der Waals surface area contributed by atoms with Gasteiger partial charge in [-0.25, -0.2) is 4.98 Å². The van der Waals surface area contributed by atoms with Gasteiger partial charge in [-0.05, 0) is 23.9 Å². The Morgan fingerprint density at radius 1 is 1.20 bits per heavy atom. The summed E-state index contributed by atoms with van der Waals surface area (Å²) < 4.78 is 28.9. The van der Waals surface area contributed by atoms with Gasteiger partial charge in [0.25, 0.3) is 0 Å². The van der Waals surface area contributed by atoms with Crippen LogP contribution in [0.5, 0.6) is 0 Å². The van der Waals surface area contributed by atoms with E-state index in [9.17, 15) is 8.76 Å². The van der Waals surface area contributed by atoms with Gasteiger partial charge in [0.1, 0.15) is 17.7 Å². The summed E-state index contributed by atoms with van der Waals surface area (Å²) in [7, 11) is 1.73. The molecule has 3 aromatic heterocycles. The van der Waals surface area contributed by atoms with Crippen LogP contribution in [-0.4, -0.2) is 120 Å². The van der Waals surface area contributed by atoms with E-state index < -0.39 is 11.1 Å². The molecule has 3 aromatic rings. The van der Waals surface area contributed by atoms with Gasteiger partial charge in [0, 0.05) is 70.7 Å². The molecule has 2 aliphatic heterocycles. The number of piperazine rings is 1. The summed E-state index contributed by atoms with van der Waals surface area (Å²) in [5.41, 5.74) is 3.44. The van der Waals surface area contributed by atoms with Crippen molar-refractivity contribution in [3.8, 4) is 11.3 Å². The smallest absolute Gasteiger partial charge is 0.243 e. The molecular weight excluding hydrogens is 472 g/mol. The van der Waals surface area contributed by atoms with Crippen LogP contribution in [0.15, 0.2) is 18.7 Å².